The van der Waals surface area contributed by atoms with E-state index in [4.69, 9.17) is 12.6 Å². The van der Waals surface area contributed by atoms with Gasteiger partial charge in [-0.25, -0.2) is 9.97 Å². The largest absolute Gasteiger partial charge is 0.384 e. The topological polar surface area (TPSA) is 69.6 Å². The Balaban J connectivity index is 2.69. The predicted octanol–water partition coefficient (Wildman–Crippen LogP) is 0.244. The van der Waals surface area contributed by atoms with Crippen LogP contribution in [0, 0.1) is 0 Å². The Morgan fingerprint density at radius 2 is 2.42 bits per heavy atom. The van der Waals surface area contributed by atoms with Crippen molar-refractivity contribution < 1.29 is 6.85 Å². The maximum absolute atomic E-state index is 7.51. The molecule has 0 aliphatic rings. The Bertz CT molecular complexity index is 572. The number of nitrogen functional groups attached to an aromatic ring is 1. The average Bonchev–Trinajstić information content (AvgIpc) is 2.49. The van der Waals surface area contributed by atoms with Gasteiger partial charge in [0.15, 0.2) is 0 Å². The molecule has 0 atom stereocenters. The smallest absolute Gasteiger partial charge is 0.236 e. The maximum atomic E-state index is 7.51. The minimum atomic E-state index is -0.411. The van der Waals surface area contributed by atoms with Crippen LogP contribution in [-0.2, 0) is 0 Å². The molecule has 0 saturated carbocycles. The summed E-state index contributed by atoms with van der Waals surface area (Å²) < 4.78 is 37.8. The molecule has 0 fully saturated rings. The molecule has 2 aromatic rings. The second-order valence-electron chi connectivity index (χ2n) is 1.92. The molecule has 5 nitrogen and oxygen atoms in total. The molecule has 0 bridgehead atoms. The summed E-state index contributed by atoms with van der Waals surface area (Å²) in [6, 6.07) is -0.321. The van der Waals surface area contributed by atoms with Gasteiger partial charge in [0, 0.05) is 18.5 Å². The number of hydrogen-bond donors (Lipinski definition) is 1. The molecule has 0 aliphatic carbocycles. The molecular weight excluding hydrogens is 154 g/mol. The molecule has 0 aromatic carbocycles. The quantitative estimate of drug-likeness (QED) is 0.659. The van der Waals surface area contributed by atoms with Crippen LogP contribution in [0.5, 0.6) is 0 Å². The second-order valence-corrected chi connectivity index (χ2v) is 1.92. The highest BCUT2D eigenvalue weighted by atomic mass is 15.2. The molecule has 0 radical (unpaired) electrons. The van der Waals surface area contributed by atoms with Crippen LogP contribution in [0.4, 0.5) is 5.82 Å². The fraction of sp³-hybridized carbons (Fsp3) is 0. The molecule has 5 heteroatoms. The first kappa shape index (κ1) is 3.22. The molecule has 12 heavy (non-hydrogen) atoms. The van der Waals surface area contributed by atoms with E-state index in [1.165, 1.54) is 0 Å². The highest BCUT2D eigenvalue weighted by Gasteiger charge is 1.97. The minimum absolute atomic E-state index is 0.204. The van der Waals surface area contributed by atoms with Gasteiger partial charge in [-0.2, -0.15) is 4.98 Å². The Kier molecular flexibility index (Phi) is 0.701. The number of imidazole rings is 1. The van der Waals surface area contributed by atoms with Crippen molar-refractivity contribution in [3.05, 3.63) is 30.9 Å². The highest BCUT2D eigenvalue weighted by Crippen LogP contribution is 2.01. The van der Waals surface area contributed by atoms with Crippen LogP contribution in [0.15, 0.2) is 30.9 Å². The number of nitrogens with zero attached hydrogens (tertiary/aromatic N) is 4. The number of nitrogens with two attached hydrogens (primary N) is 1. The molecule has 2 rings (SSSR count). The van der Waals surface area contributed by atoms with Crippen molar-refractivity contribution in [2.75, 3.05) is 5.73 Å². The van der Waals surface area contributed by atoms with Crippen molar-refractivity contribution in [2.45, 2.75) is 0 Å². The van der Waals surface area contributed by atoms with Gasteiger partial charge in [0.05, 0.1) is 5.48 Å². The maximum Gasteiger partial charge on any atom is 0.236 e. The third-order valence-corrected chi connectivity index (χ3v) is 1.13. The summed E-state index contributed by atoms with van der Waals surface area (Å²) >= 11 is 0. The zero-order valence-corrected chi connectivity index (χ0v) is 5.87. The summed E-state index contributed by atoms with van der Waals surface area (Å²) in [5.41, 5.74) is 5.40. The van der Waals surface area contributed by atoms with Gasteiger partial charge < -0.3 is 5.73 Å². The average molecular weight is 166 g/mol. The molecule has 2 heterocycles. The molecule has 0 amide bonds. The van der Waals surface area contributed by atoms with Crippen molar-refractivity contribution in [1.29, 1.82) is 0 Å². The van der Waals surface area contributed by atoms with E-state index >= 15 is 0 Å². The van der Waals surface area contributed by atoms with E-state index in [1.807, 2.05) is 0 Å². The van der Waals surface area contributed by atoms with Crippen LogP contribution < -0.4 is 5.73 Å². The van der Waals surface area contributed by atoms with Crippen molar-refractivity contribution in [3.8, 4) is 5.95 Å². The van der Waals surface area contributed by atoms with Gasteiger partial charge in [0.25, 0.3) is 0 Å². The van der Waals surface area contributed by atoms with Crippen LogP contribution in [0.25, 0.3) is 5.95 Å². The van der Waals surface area contributed by atoms with Gasteiger partial charge in [-0.15, -0.1) is 0 Å². The third-order valence-electron chi connectivity index (χ3n) is 1.13. The number of aromatic nitrogens is 4. The zero-order valence-electron chi connectivity index (χ0n) is 10.9. The number of hydrogen-bond acceptors (Lipinski definition) is 4. The van der Waals surface area contributed by atoms with Gasteiger partial charge in [0.1, 0.15) is 13.5 Å². The first-order valence-corrected chi connectivity index (χ1v) is 3.05. The zero-order chi connectivity index (χ0) is 12.7. The SMILES string of the molecule is [2H]c1nc(-n2c([2H])nc([2H])c2[2H])nc(N)c1[2H]. The van der Waals surface area contributed by atoms with E-state index in [-0.39, 0.29) is 24.0 Å². The van der Waals surface area contributed by atoms with E-state index in [2.05, 4.69) is 15.0 Å². The summed E-state index contributed by atoms with van der Waals surface area (Å²) in [6.45, 7) is 0. The fourth-order valence-corrected chi connectivity index (χ4v) is 0.666. The van der Waals surface area contributed by atoms with E-state index < -0.39 is 18.6 Å². The monoisotopic (exact) mass is 166 g/mol. The molecular formula is C7H7N5. The minimum Gasteiger partial charge on any atom is -0.384 e. The molecule has 2 N–H and O–H groups in total. The Morgan fingerprint density at radius 3 is 3.08 bits per heavy atom. The molecule has 0 spiro atoms. The Hall–Kier alpha value is -1.91. The van der Waals surface area contributed by atoms with Gasteiger partial charge in [-0.1, -0.05) is 0 Å². The molecule has 0 saturated heterocycles. The standard InChI is InChI=1S/C7H7N5/c8-6-1-2-10-7(11-6)12-4-3-9-5-12/h1-5H,(H2,8,10,11)/i1D,2D,3D,4D,5D. The first-order valence-electron chi connectivity index (χ1n) is 5.55. The lowest BCUT2D eigenvalue weighted by atomic mass is 10.6. The number of rotatable bonds is 1. The highest BCUT2D eigenvalue weighted by molar-refractivity contribution is 5.29. The lowest BCUT2D eigenvalue weighted by molar-refractivity contribution is 0.929. The normalized spacial score (nSPS) is 15.8. The van der Waals surface area contributed by atoms with Gasteiger partial charge in [-0.3, -0.25) is 4.57 Å². The lowest BCUT2D eigenvalue weighted by Gasteiger charge is -1.98. The van der Waals surface area contributed by atoms with Gasteiger partial charge in [-0.05, 0) is 6.04 Å². The lowest BCUT2D eigenvalue weighted by Crippen LogP contribution is -2.00. The van der Waals surface area contributed by atoms with Crippen molar-refractivity contribution in [1.82, 2.24) is 19.5 Å². The third kappa shape index (κ3) is 1.12. The Labute approximate surface area is 75.9 Å². The van der Waals surface area contributed by atoms with Crippen LogP contribution >= 0.6 is 0 Å². The molecule has 60 valence electrons. The van der Waals surface area contributed by atoms with Crippen molar-refractivity contribution in [3.63, 3.8) is 0 Å². The van der Waals surface area contributed by atoms with Gasteiger partial charge in [0.2, 0.25) is 5.95 Å². The van der Waals surface area contributed by atoms with Crippen LogP contribution in [0.3, 0.4) is 0 Å². The van der Waals surface area contributed by atoms with Gasteiger partial charge >= 0.3 is 0 Å². The fourth-order valence-electron chi connectivity index (χ4n) is 0.666. The Morgan fingerprint density at radius 1 is 1.50 bits per heavy atom. The van der Waals surface area contributed by atoms with E-state index in [0.717, 1.165) is 4.57 Å². The van der Waals surface area contributed by atoms with Crippen LogP contribution in [-0.4, -0.2) is 19.5 Å². The second kappa shape index (κ2) is 2.61. The summed E-state index contributed by atoms with van der Waals surface area (Å²) in [6.07, 6.45) is -1.56. The molecule has 0 aliphatic heterocycles. The summed E-state index contributed by atoms with van der Waals surface area (Å²) in [7, 11) is 0. The van der Waals surface area contributed by atoms with Crippen molar-refractivity contribution in [2.24, 2.45) is 0 Å². The molecule has 0 unspecified atom stereocenters. The van der Waals surface area contributed by atoms with Crippen LogP contribution in [0.2, 0.25) is 0 Å². The number of anilines is 1. The van der Waals surface area contributed by atoms with E-state index in [0.29, 0.717) is 0 Å². The van der Waals surface area contributed by atoms with E-state index in [1.54, 1.807) is 0 Å². The summed E-state index contributed by atoms with van der Waals surface area (Å²) in [5.74, 6) is -0.427. The molecule has 2 aromatic heterocycles. The summed E-state index contributed by atoms with van der Waals surface area (Å²) in [4.78, 5) is 10.8. The summed E-state index contributed by atoms with van der Waals surface area (Å²) in [5, 5.41) is 0. The van der Waals surface area contributed by atoms with E-state index in [9.17, 15) is 0 Å². The van der Waals surface area contributed by atoms with Crippen molar-refractivity contribution >= 4 is 5.82 Å². The van der Waals surface area contributed by atoms with Crippen LogP contribution in [0.1, 0.15) is 6.85 Å². The predicted molar refractivity (Wildman–Crippen MR) is 43.6 cm³/mol. The first-order chi connectivity index (χ1) is 7.91.